The van der Waals surface area contributed by atoms with E-state index in [1.54, 1.807) is 0 Å². The number of hydrogen-bond donors (Lipinski definition) is 0. The highest BCUT2D eigenvalue weighted by Gasteiger charge is 2.27. The molecule has 2 fully saturated rings. The van der Waals surface area contributed by atoms with Gasteiger partial charge in [0, 0.05) is 38.6 Å². The normalized spacial score (nSPS) is 21.8. The van der Waals surface area contributed by atoms with E-state index in [1.807, 2.05) is 4.90 Å². The first kappa shape index (κ1) is 14.6. The third kappa shape index (κ3) is 3.65. The molecule has 3 nitrogen and oxygen atoms in total. The van der Waals surface area contributed by atoms with Gasteiger partial charge in [0.25, 0.3) is 0 Å². The highest BCUT2D eigenvalue weighted by Crippen LogP contribution is 2.24. The molecule has 0 bridgehead atoms. The maximum absolute atomic E-state index is 12.4. The summed E-state index contributed by atoms with van der Waals surface area (Å²) in [5, 5.41) is 0. The van der Waals surface area contributed by atoms with Crippen molar-refractivity contribution in [2.75, 3.05) is 19.6 Å². The van der Waals surface area contributed by atoms with Gasteiger partial charge in [-0.25, -0.2) is 0 Å². The van der Waals surface area contributed by atoms with Gasteiger partial charge in [0.1, 0.15) is 0 Å². The molecule has 1 aliphatic heterocycles. The maximum Gasteiger partial charge on any atom is 0.224 e. The average Bonchev–Trinajstić information content (AvgIpc) is 2.94. The Morgan fingerprint density at radius 3 is 2.71 bits per heavy atom. The molecule has 1 aromatic rings. The fraction of sp³-hybridized carbons (Fsp3) is 0.611. The standard InChI is InChI=1S/C18H26N2O/c1-15-5-4-6-16(13-15)14-20-12-11-19(10-9-18(20)21)17-7-2-3-8-17/h4-6,13,17H,2-3,7-12,14H2,1H3. The summed E-state index contributed by atoms with van der Waals surface area (Å²) >= 11 is 0. The third-order valence-corrected chi connectivity index (χ3v) is 4.92. The number of carbonyl (C=O) groups excluding carboxylic acids is 1. The van der Waals surface area contributed by atoms with E-state index in [1.165, 1.54) is 36.8 Å². The van der Waals surface area contributed by atoms with Gasteiger partial charge in [-0.2, -0.15) is 0 Å². The van der Waals surface area contributed by atoms with Crippen molar-refractivity contribution in [2.24, 2.45) is 0 Å². The minimum absolute atomic E-state index is 0.317. The van der Waals surface area contributed by atoms with Crippen LogP contribution in [0.3, 0.4) is 0 Å². The van der Waals surface area contributed by atoms with Crippen LogP contribution < -0.4 is 0 Å². The summed E-state index contributed by atoms with van der Waals surface area (Å²) in [5.41, 5.74) is 2.51. The summed E-state index contributed by atoms with van der Waals surface area (Å²) in [6.07, 6.45) is 6.06. The average molecular weight is 286 g/mol. The van der Waals surface area contributed by atoms with Crippen LogP contribution in [0.4, 0.5) is 0 Å². The molecular formula is C18H26N2O. The van der Waals surface area contributed by atoms with Gasteiger partial charge in [-0.1, -0.05) is 42.7 Å². The third-order valence-electron chi connectivity index (χ3n) is 4.92. The molecule has 0 unspecified atom stereocenters. The van der Waals surface area contributed by atoms with E-state index in [9.17, 15) is 4.79 Å². The van der Waals surface area contributed by atoms with E-state index >= 15 is 0 Å². The molecule has 0 aromatic heterocycles. The topological polar surface area (TPSA) is 23.6 Å². The maximum atomic E-state index is 12.4. The second kappa shape index (κ2) is 6.61. The van der Waals surface area contributed by atoms with Gasteiger partial charge >= 0.3 is 0 Å². The SMILES string of the molecule is Cc1cccc(CN2CCN(C3CCCC3)CCC2=O)c1. The molecule has 1 amide bonds. The minimum atomic E-state index is 0.317. The minimum Gasteiger partial charge on any atom is -0.337 e. The van der Waals surface area contributed by atoms with Gasteiger partial charge in [0.15, 0.2) is 0 Å². The van der Waals surface area contributed by atoms with Crippen LogP contribution in [0, 0.1) is 6.92 Å². The molecule has 1 aromatic carbocycles. The lowest BCUT2D eigenvalue weighted by Gasteiger charge is -2.27. The number of rotatable bonds is 3. The molecular weight excluding hydrogens is 260 g/mol. The van der Waals surface area contributed by atoms with Crippen molar-refractivity contribution in [1.29, 1.82) is 0 Å². The van der Waals surface area contributed by atoms with E-state index in [2.05, 4.69) is 36.1 Å². The molecule has 21 heavy (non-hydrogen) atoms. The molecule has 1 saturated carbocycles. The van der Waals surface area contributed by atoms with Gasteiger partial charge in [-0.05, 0) is 25.3 Å². The predicted molar refractivity (Wildman–Crippen MR) is 85.0 cm³/mol. The van der Waals surface area contributed by atoms with Crippen LogP contribution in [0.1, 0.15) is 43.2 Å². The molecule has 0 spiro atoms. The van der Waals surface area contributed by atoms with Crippen molar-refractivity contribution in [3.05, 3.63) is 35.4 Å². The number of carbonyl (C=O) groups is 1. The Balaban J connectivity index is 1.62. The molecule has 0 N–H and O–H groups in total. The van der Waals surface area contributed by atoms with Gasteiger partial charge in [0.2, 0.25) is 5.91 Å². The van der Waals surface area contributed by atoms with Crippen molar-refractivity contribution in [3.8, 4) is 0 Å². The Morgan fingerprint density at radius 2 is 1.95 bits per heavy atom. The van der Waals surface area contributed by atoms with Gasteiger partial charge in [0.05, 0.1) is 0 Å². The van der Waals surface area contributed by atoms with Gasteiger partial charge in [-0.15, -0.1) is 0 Å². The van der Waals surface area contributed by atoms with Crippen LogP contribution in [0.25, 0.3) is 0 Å². The molecule has 1 heterocycles. The molecule has 2 aliphatic rings. The highest BCUT2D eigenvalue weighted by molar-refractivity contribution is 5.76. The quantitative estimate of drug-likeness (QED) is 0.853. The highest BCUT2D eigenvalue weighted by atomic mass is 16.2. The Bertz CT molecular complexity index is 494. The Morgan fingerprint density at radius 1 is 1.14 bits per heavy atom. The first-order valence-electron chi connectivity index (χ1n) is 8.30. The lowest BCUT2D eigenvalue weighted by atomic mass is 10.1. The van der Waals surface area contributed by atoms with Crippen molar-refractivity contribution in [3.63, 3.8) is 0 Å². The predicted octanol–water partition coefficient (Wildman–Crippen LogP) is 2.97. The second-order valence-corrected chi connectivity index (χ2v) is 6.53. The van der Waals surface area contributed by atoms with E-state index in [0.717, 1.165) is 32.2 Å². The first-order valence-corrected chi connectivity index (χ1v) is 8.30. The van der Waals surface area contributed by atoms with E-state index < -0.39 is 0 Å². The van der Waals surface area contributed by atoms with E-state index in [4.69, 9.17) is 0 Å². The van der Waals surface area contributed by atoms with Crippen LogP contribution in [0.15, 0.2) is 24.3 Å². The summed E-state index contributed by atoms with van der Waals surface area (Å²) in [6, 6.07) is 9.23. The van der Waals surface area contributed by atoms with Crippen LogP contribution in [0.5, 0.6) is 0 Å². The first-order chi connectivity index (χ1) is 10.2. The smallest absolute Gasteiger partial charge is 0.224 e. The fourth-order valence-electron chi connectivity index (χ4n) is 3.72. The van der Waals surface area contributed by atoms with Crippen molar-refractivity contribution < 1.29 is 4.79 Å². The zero-order valence-electron chi connectivity index (χ0n) is 13.1. The Labute approximate surface area is 127 Å². The number of benzene rings is 1. The molecule has 0 radical (unpaired) electrons. The molecule has 1 aliphatic carbocycles. The van der Waals surface area contributed by atoms with Crippen molar-refractivity contribution >= 4 is 5.91 Å². The molecule has 0 atom stereocenters. The second-order valence-electron chi connectivity index (χ2n) is 6.53. The molecule has 3 heteroatoms. The lowest BCUT2D eigenvalue weighted by Crippen LogP contribution is -2.37. The zero-order chi connectivity index (χ0) is 14.7. The summed E-state index contributed by atoms with van der Waals surface area (Å²) in [4.78, 5) is 17.0. The number of nitrogens with zero attached hydrogens (tertiary/aromatic N) is 2. The van der Waals surface area contributed by atoms with Crippen LogP contribution in [-0.4, -0.2) is 41.4 Å². The summed E-state index contributed by atoms with van der Waals surface area (Å²) in [7, 11) is 0. The number of amides is 1. The monoisotopic (exact) mass is 286 g/mol. The van der Waals surface area contributed by atoms with Crippen LogP contribution >= 0.6 is 0 Å². The van der Waals surface area contributed by atoms with Crippen molar-refractivity contribution in [2.45, 2.75) is 51.6 Å². The number of hydrogen-bond acceptors (Lipinski definition) is 2. The van der Waals surface area contributed by atoms with Crippen molar-refractivity contribution in [1.82, 2.24) is 9.80 Å². The summed E-state index contributed by atoms with van der Waals surface area (Å²) in [6.45, 7) is 5.74. The lowest BCUT2D eigenvalue weighted by molar-refractivity contribution is -0.130. The zero-order valence-corrected chi connectivity index (χ0v) is 13.1. The number of aryl methyl sites for hydroxylation is 1. The molecule has 3 rings (SSSR count). The molecule has 1 saturated heterocycles. The van der Waals surface area contributed by atoms with E-state index in [-0.39, 0.29) is 0 Å². The fourth-order valence-corrected chi connectivity index (χ4v) is 3.72. The van der Waals surface area contributed by atoms with Crippen LogP contribution in [-0.2, 0) is 11.3 Å². The van der Waals surface area contributed by atoms with Crippen LogP contribution in [0.2, 0.25) is 0 Å². The van der Waals surface area contributed by atoms with Gasteiger partial charge in [-0.3, -0.25) is 9.69 Å². The summed E-state index contributed by atoms with van der Waals surface area (Å²) < 4.78 is 0. The Hall–Kier alpha value is -1.35. The van der Waals surface area contributed by atoms with E-state index in [0.29, 0.717) is 12.3 Å². The summed E-state index contributed by atoms with van der Waals surface area (Å²) in [5.74, 6) is 0.317. The largest absolute Gasteiger partial charge is 0.337 e. The Kier molecular flexibility index (Phi) is 4.59. The molecule has 114 valence electrons. The van der Waals surface area contributed by atoms with Gasteiger partial charge < -0.3 is 4.90 Å².